The van der Waals surface area contributed by atoms with Gasteiger partial charge in [-0.3, -0.25) is 10.1 Å². The normalized spacial score (nSPS) is 10.8. The number of H-pyrrole nitrogens is 1. The maximum absolute atomic E-state index is 11.7. The molecule has 0 saturated carbocycles. The number of carbonyl (C=O) groups excluding carboxylic acids is 2. The Kier molecular flexibility index (Phi) is 3.77. The van der Waals surface area contributed by atoms with E-state index in [4.69, 9.17) is 16.6 Å². The van der Waals surface area contributed by atoms with Gasteiger partial charge >= 0.3 is 6.03 Å². The van der Waals surface area contributed by atoms with Gasteiger partial charge in [0.15, 0.2) is 0 Å². The Morgan fingerprint density at radius 3 is 2.61 bits per heavy atom. The van der Waals surface area contributed by atoms with Gasteiger partial charge in [0.05, 0.1) is 12.2 Å². The van der Waals surface area contributed by atoms with Gasteiger partial charge in [0.25, 0.3) is 5.91 Å². The van der Waals surface area contributed by atoms with Crippen LogP contribution in [0.15, 0.2) is 30.3 Å². The van der Waals surface area contributed by atoms with Gasteiger partial charge < -0.3 is 21.6 Å². The highest BCUT2D eigenvalue weighted by Gasteiger charge is 2.18. The second-order valence-corrected chi connectivity index (χ2v) is 6.08. The highest BCUT2D eigenvalue weighted by molar-refractivity contribution is 7.15. The highest BCUT2D eigenvalue weighted by Crippen LogP contribution is 2.33. The van der Waals surface area contributed by atoms with Gasteiger partial charge in [-0.15, -0.1) is 11.3 Å². The molecule has 7 nitrogen and oxygen atoms in total. The molecule has 0 spiro atoms. The first kappa shape index (κ1) is 15.1. The van der Waals surface area contributed by atoms with E-state index in [0.29, 0.717) is 10.9 Å². The van der Waals surface area contributed by atoms with Crippen LogP contribution in [0.1, 0.15) is 15.2 Å². The number of aliphatic hydroxyl groups excluding tert-OH is 1. The summed E-state index contributed by atoms with van der Waals surface area (Å²) in [6.45, 7) is -0.00604. The summed E-state index contributed by atoms with van der Waals surface area (Å²) >= 11 is 1.48. The van der Waals surface area contributed by atoms with Gasteiger partial charge in [0.1, 0.15) is 5.82 Å². The number of amides is 3. The molecule has 3 amide bonds. The fourth-order valence-corrected chi connectivity index (χ4v) is 3.31. The molecule has 2 heterocycles. The summed E-state index contributed by atoms with van der Waals surface area (Å²) in [4.78, 5) is 27.5. The van der Waals surface area contributed by atoms with Crippen LogP contribution in [0.5, 0.6) is 0 Å². The first-order chi connectivity index (χ1) is 11.0. The average Bonchev–Trinajstić information content (AvgIpc) is 3.09. The number of nitrogens with two attached hydrogens (primary N) is 2. The molecule has 2 aromatic heterocycles. The van der Waals surface area contributed by atoms with Crippen molar-refractivity contribution in [3.05, 3.63) is 40.8 Å². The molecule has 0 radical (unpaired) electrons. The summed E-state index contributed by atoms with van der Waals surface area (Å²) in [6, 6.07) is 8.44. The topological polar surface area (TPSA) is 134 Å². The van der Waals surface area contributed by atoms with E-state index in [2.05, 4.69) is 10.3 Å². The number of primary amides is 2. The van der Waals surface area contributed by atoms with Gasteiger partial charge in [0.2, 0.25) is 0 Å². The average molecular weight is 330 g/mol. The molecule has 3 rings (SSSR count). The Balaban J connectivity index is 2.12. The molecule has 3 aromatic rings. The number of fused-ring (bicyclic) bond motifs is 1. The maximum Gasteiger partial charge on any atom is 0.317 e. The molecule has 0 aliphatic rings. The van der Waals surface area contributed by atoms with Crippen LogP contribution >= 0.6 is 11.3 Å². The number of aliphatic hydroxyl groups is 1. The Morgan fingerprint density at radius 1 is 1.22 bits per heavy atom. The minimum absolute atomic E-state index is 0.00604. The van der Waals surface area contributed by atoms with E-state index in [-0.39, 0.29) is 18.0 Å². The lowest BCUT2D eigenvalue weighted by molar-refractivity contribution is 0.100. The number of nitrogens with one attached hydrogen (secondary N) is 2. The summed E-state index contributed by atoms with van der Waals surface area (Å²) in [5.41, 5.74) is 12.3. The first-order valence-corrected chi connectivity index (χ1v) is 7.53. The minimum Gasteiger partial charge on any atom is -0.391 e. The van der Waals surface area contributed by atoms with Crippen molar-refractivity contribution in [2.75, 3.05) is 5.32 Å². The lowest BCUT2D eigenvalue weighted by Crippen LogP contribution is -2.22. The van der Waals surface area contributed by atoms with Crippen LogP contribution in [0.25, 0.3) is 21.3 Å². The second-order valence-electron chi connectivity index (χ2n) is 4.91. The molecule has 118 valence electrons. The molecule has 8 heteroatoms. The monoisotopic (exact) mass is 330 g/mol. The molecule has 0 fully saturated rings. The van der Waals surface area contributed by atoms with Crippen LogP contribution in [-0.4, -0.2) is 22.0 Å². The van der Waals surface area contributed by atoms with Crippen molar-refractivity contribution in [2.24, 2.45) is 11.5 Å². The van der Waals surface area contributed by atoms with Crippen molar-refractivity contribution >= 4 is 40.0 Å². The van der Waals surface area contributed by atoms with E-state index in [1.54, 1.807) is 6.07 Å². The number of anilines is 1. The Hall–Kier alpha value is -2.84. The van der Waals surface area contributed by atoms with E-state index >= 15 is 0 Å². The van der Waals surface area contributed by atoms with Crippen LogP contribution in [0, 0.1) is 0 Å². The Labute approximate surface area is 134 Å². The number of carbonyl (C=O) groups is 2. The van der Waals surface area contributed by atoms with Crippen molar-refractivity contribution in [3.8, 4) is 10.4 Å². The fraction of sp³-hybridized carbons (Fsp3) is 0.0667. The van der Waals surface area contributed by atoms with Crippen LogP contribution in [-0.2, 0) is 6.61 Å². The predicted molar refractivity (Wildman–Crippen MR) is 89.3 cm³/mol. The third-order valence-electron chi connectivity index (χ3n) is 3.40. The number of thiophene rings is 1. The van der Waals surface area contributed by atoms with Gasteiger partial charge in [-0.25, -0.2) is 4.79 Å². The number of rotatable bonds is 4. The molecular formula is C15H14N4O3S. The lowest BCUT2D eigenvalue weighted by Gasteiger charge is -2.00. The molecule has 0 bridgehead atoms. The molecule has 0 atom stereocenters. The third kappa shape index (κ3) is 2.77. The summed E-state index contributed by atoms with van der Waals surface area (Å²) in [5.74, 6) is -0.481. The molecule has 0 unspecified atom stereocenters. The fourth-order valence-electron chi connectivity index (χ4n) is 2.44. The highest BCUT2D eigenvalue weighted by atomic mass is 32.1. The Morgan fingerprint density at radius 2 is 2.00 bits per heavy atom. The first-order valence-electron chi connectivity index (χ1n) is 6.71. The van der Waals surface area contributed by atoms with E-state index in [1.807, 2.05) is 24.3 Å². The van der Waals surface area contributed by atoms with E-state index in [9.17, 15) is 9.59 Å². The number of urea groups is 1. The van der Waals surface area contributed by atoms with Crippen molar-refractivity contribution in [1.82, 2.24) is 4.98 Å². The van der Waals surface area contributed by atoms with E-state index in [1.165, 1.54) is 11.3 Å². The number of hydrogen-bond acceptors (Lipinski definition) is 4. The van der Waals surface area contributed by atoms with Gasteiger partial charge in [-0.05, 0) is 23.8 Å². The van der Waals surface area contributed by atoms with Crippen molar-refractivity contribution in [1.29, 1.82) is 0 Å². The molecule has 0 aliphatic heterocycles. The molecule has 23 heavy (non-hydrogen) atoms. The van der Waals surface area contributed by atoms with Gasteiger partial charge in [-0.1, -0.05) is 12.1 Å². The number of aromatic nitrogens is 1. The summed E-state index contributed by atoms with van der Waals surface area (Å²) in [7, 11) is 0. The largest absolute Gasteiger partial charge is 0.391 e. The van der Waals surface area contributed by atoms with Crippen LogP contribution in [0.3, 0.4) is 0 Å². The predicted octanol–water partition coefficient (Wildman–Crippen LogP) is 1.98. The van der Waals surface area contributed by atoms with Crippen LogP contribution < -0.4 is 16.8 Å². The van der Waals surface area contributed by atoms with E-state index in [0.717, 1.165) is 15.3 Å². The molecule has 0 saturated heterocycles. The maximum atomic E-state index is 11.7. The summed E-state index contributed by atoms with van der Waals surface area (Å²) < 4.78 is 0. The van der Waals surface area contributed by atoms with E-state index < -0.39 is 11.9 Å². The van der Waals surface area contributed by atoms with Crippen LogP contribution in [0.4, 0.5) is 10.6 Å². The van der Waals surface area contributed by atoms with Crippen molar-refractivity contribution in [3.63, 3.8) is 0 Å². The van der Waals surface area contributed by atoms with Crippen LogP contribution in [0.2, 0.25) is 0 Å². The SMILES string of the molecule is NC(=O)Nc1[nH]c2cc(-c3ccc(CO)s3)ccc2c1C(N)=O. The quantitative estimate of drug-likeness (QED) is 0.500. The van der Waals surface area contributed by atoms with Gasteiger partial charge in [0, 0.05) is 20.7 Å². The second kappa shape index (κ2) is 5.75. The minimum atomic E-state index is -0.787. The summed E-state index contributed by atoms with van der Waals surface area (Å²) in [5, 5.41) is 12.1. The molecular weight excluding hydrogens is 316 g/mol. The summed E-state index contributed by atoms with van der Waals surface area (Å²) in [6.07, 6.45) is 0. The standard InChI is InChI=1S/C15H14N4O3S/c16-13(21)12-9-3-1-7(11-4-2-8(6-20)23-11)5-10(9)18-14(12)19-15(17)22/h1-5,18,20H,6H2,(H2,16,21)(H3,17,19,22). The molecule has 7 N–H and O–H groups in total. The van der Waals surface area contributed by atoms with Crippen molar-refractivity contribution in [2.45, 2.75) is 6.61 Å². The number of benzene rings is 1. The molecule has 1 aromatic carbocycles. The van der Waals surface area contributed by atoms with Crippen molar-refractivity contribution < 1.29 is 14.7 Å². The lowest BCUT2D eigenvalue weighted by atomic mass is 10.1. The number of hydrogen-bond donors (Lipinski definition) is 5. The van der Waals surface area contributed by atoms with Gasteiger partial charge in [-0.2, -0.15) is 0 Å². The zero-order chi connectivity index (χ0) is 16.6. The third-order valence-corrected chi connectivity index (χ3v) is 4.51. The number of aromatic amines is 1. The zero-order valence-corrected chi connectivity index (χ0v) is 12.7. The Bertz CT molecular complexity index is 913. The smallest absolute Gasteiger partial charge is 0.317 e. The molecule has 0 aliphatic carbocycles. The zero-order valence-electron chi connectivity index (χ0n) is 11.9.